The minimum atomic E-state index is -2.70. The molecule has 0 saturated heterocycles. The zero-order valence-electron chi connectivity index (χ0n) is 16.4. The molecule has 1 fully saturated rings. The number of benzene rings is 1. The highest BCUT2D eigenvalue weighted by Gasteiger charge is 2.37. The van der Waals surface area contributed by atoms with Gasteiger partial charge in [-0.25, -0.2) is 17.6 Å². The van der Waals surface area contributed by atoms with Crippen LogP contribution in [0.25, 0.3) is 11.1 Å². The van der Waals surface area contributed by atoms with E-state index in [0.717, 1.165) is 18.2 Å². The summed E-state index contributed by atoms with van der Waals surface area (Å²) < 4.78 is 55.5. The van der Waals surface area contributed by atoms with Gasteiger partial charge in [0.15, 0.2) is 0 Å². The van der Waals surface area contributed by atoms with Crippen LogP contribution in [0.15, 0.2) is 30.5 Å². The van der Waals surface area contributed by atoms with Crippen molar-refractivity contribution in [2.24, 2.45) is 5.92 Å². The molecule has 1 N–H and O–H groups in total. The first-order valence-corrected chi connectivity index (χ1v) is 9.78. The van der Waals surface area contributed by atoms with E-state index in [1.807, 2.05) is 13.8 Å². The Morgan fingerprint density at radius 1 is 1.17 bits per heavy atom. The van der Waals surface area contributed by atoms with Gasteiger partial charge in [0.1, 0.15) is 11.6 Å². The third-order valence-corrected chi connectivity index (χ3v) is 5.16. The number of carbonyl (C=O) groups excluding carboxylic acids is 1. The maximum absolute atomic E-state index is 14.5. The highest BCUT2D eigenvalue weighted by molar-refractivity contribution is 5.96. The van der Waals surface area contributed by atoms with E-state index in [4.69, 9.17) is 0 Å². The van der Waals surface area contributed by atoms with E-state index in [-0.39, 0.29) is 61.1 Å². The molecule has 3 rings (SSSR count). The largest absolute Gasteiger partial charge is 0.324 e. The molecule has 7 heteroatoms. The number of nitrogens with one attached hydrogen (secondary N) is 1. The second-order valence-corrected chi connectivity index (χ2v) is 8.02. The van der Waals surface area contributed by atoms with Crippen molar-refractivity contribution in [3.05, 3.63) is 47.8 Å². The molecule has 0 radical (unpaired) electrons. The number of rotatable bonds is 5. The Bertz CT molecular complexity index is 888. The van der Waals surface area contributed by atoms with Crippen LogP contribution in [-0.2, 0) is 4.79 Å². The van der Waals surface area contributed by atoms with Crippen molar-refractivity contribution in [1.29, 1.82) is 0 Å². The zero-order valence-corrected chi connectivity index (χ0v) is 16.4. The molecular weight excluding hydrogens is 384 g/mol. The molecule has 156 valence electrons. The number of pyridine rings is 1. The monoisotopic (exact) mass is 408 g/mol. The number of amides is 1. The molecule has 2 aromatic rings. The summed E-state index contributed by atoms with van der Waals surface area (Å²) in [4.78, 5) is 16.8. The first-order chi connectivity index (χ1) is 13.7. The standard InChI is InChI=1S/C22H24F4N2O/c1-13(2)11-19(29)28-21-16(17-12-15(23)3-4-18(17)24)7-10-27-20(21)14-5-8-22(25,26)9-6-14/h3-4,7,10,12-14H,5-6,8-9,11H2,1-2H3,(H,28,29). The van der Waals surface area contributed by atoms with Crippen LogP contribution in [0.2, 0.25) is 0 Å². The molecule has 1 aliphatic carbocycles. The number of aromatic nitrogens is 1. The quantitative estimate of drug-likeness (QED) is 0.590. The fourth-order valence-corrected chi connectivity index (χ4v) is 3.72. The molecule has 1 saturated carbocycles. The van der Waals surface area contributed by atoms with E-state index in [2.05, 4.69) is 10.3 Å². The van der Waals surface area contributed by atoms with Crippen molar-refractivity contribution in [2.45, 2.75) is 57.8 Å². The first kappa shape index (κ1) is 21.3. The van der Waals surface area contributed by atoms with Gasteiger partial charge in [-0.15, -0.1) is 0 Å². The molecule has 1 aromatic carbocycles. The van der Waals surface area contributed by atoms with Crippen LogP contribution < -0.4 is 5.32 Å². The molecule has 3 nitrogen and oxygen atoms in total. The smallest absolute Gasteiger partial charge is 0.248 e. The fraction of sp³-hybridized carbons (Fsp3) is 0.455. The summed E-state index contributed by atoms with van der Waals surface area (Å²) in [7, 11) is 0. The maximum atomic E-state index is 14.5. The van der Waals surface area contributed by atoms with Crippen LogP contribution >= 0.6 is 0 Å². The van der Waals surface area contributed by atoms with E-state index in [1.165, 1.54) is 12.3 Å². The average Bonchev–Trinajstić information content (AvgIpc) is 2.63. The van der Waals surface area contributed by atoms with Gasteiger partial charge in [-0.05, 0) is 43.0 Å². The highest BCUT2D eigenvalue weighted by atomic mass is 19.3. The molecule has 1 aromatic heterocycles. The SMILES string of the molecule is CC(C)CC(=O)Nc1c(-c2cc(F)ccc2F)ccnc1C1CCC(F)(F)CC1. The average molecular weight is 408 g/mol. The van der Waals surface area contributed by atoms with Crippen LogP contribution in [0.4, 0.5) is 23.2 Å². The van der Waals surface area contributed by atoms with Gasteiger partial charge in [0.25, 0.3) is 0 Å². The third-order valence-electron chi connectivity index (χ3n) is 5.16. The topological polar surface area (TPSA) is 42.0 Å². The van der Waals surface area contributed by atoms with Crippen molar-refractivity contribution in [1.82, 2.24) is 4.98 Å². The number of carbonyl (C=O) groups is 1. The second kappa shape index (κ2) is 8.51. The van der Waals surface area contributed by atoms with Crippen LogP contribution in [0.1, 0.15) is 57.6 Å². The minimum Gasteiger partial charge on any atom is -0.324 e. The molecule has 29 heavy (non-hydrogen) atoms. The van der Waals surface area contributed by atoms with Crippen molar-refractivity contribution in [3.63, 3.8) is 0 Å². The Hall–Kier alpha value is -2.44. The zero-order chi connectivity index (χ0) is 21.2. The number of anilines is 1. The van der Waals surface area contributed by atoms with E-state index >= 15 is 0 Å². The van der Waals surface area contributed by atoms with Crippen molar-refractivity contribution in [2.75, 3.05) is 5.32 Å². The van der Waals surface area contributed by atoms with Crippen molar-refractivity contribution >= 4 is 11.6 Å². The molecule has 0 bridgehead atoms. The number of hydrogen-bond donors (Lipinski definition) is 1. The number of alkyl halides is 2. The lowest BCUT2D eigenvalue weighted by Gasteiger charge is -2.29. The molecule has 0 spiro atoms. The lowest BCUT2D eigenvalue weighted by molar-refractivity contribution is -0.116. The first-order valence-electron chi connectivity index (χ1n) is 9.78. The van der Waals surface area contributed by atoms with Gasteiger partial charge in [-0.3, -0.25) is 9.78 Å². The summed E-state index contributed by atoms with van der Waals surface area (Å²) in [6.07, 6.45) is 1.57. The molecule has 1 amide bonds. The molecule has 0 aliphatic heterocycles. The Morgan fingerprint density at radius 2 is 1.86 bits per heavy atom. The van der Waals surface area contributed by atoms with Gasteiger partial charge >= 0.3 is 0 Å². The normalized spacial score (nSPS) is 16.8. The van der Waals surface area contributed by atoms with Gasteiger partial charge in [-0.2, -0.15) is 0 Å². The van der Waals surface area contributed by atoms with Gasteiger partial charge in [-0.1, -0.05) is 13.8 Å². The van der Waals surface area contributed by atoms with Crippen molar-refractivity contribution in [3.8, 4) is 11.1 Å². The lowest BCUT2D eigenvalue weighted by Crippen LogP contribution is -2.25. The summed E-state index contributed by atoms with van der Waals surface area (Å²) in [5.74, 6) is -4.44. The molecule has 0 atom stereocenters. The molecule has 1 heterocycles. The number of nitrogens with zero attached hydrogens (tertiary/aromatic N) is 1. The number of hydrogen-bond acceptors (Lipinski definition) is 2. The minimum absolute atomic E-state index is 0.00497. The van der Waals surface area contributed by atoms with Gasteiger partial charge < -0.3 is 5.32 Å². The summed E-state index contributed by atoms with van der Waals surface area (Å²) in [6.45, 7) is 3.78. The summed E-state index contributed by atoms with van der Waals surface area (Å²) >= 11 is 0. The Morgan fingerprint density at radius 3 is 2.52 bits per heavy atom. The summed E-state index contributed by atoms with van der Waals surface area (Å²) in [6, 6.07) is 4.60. The highest BCUT2D eigenvalue weighted by Crippen LogP contribution is 2.44. The van der Waals surface area contributed by atoms with Crippen LogP contribution in [-0.4, -0.2) is 16.8 Å². The van der Waals surface area contributed by atoms with Gasteiger partial charge in [0, 0.05) is 42.5 Å². The predicted molar refractivity (Wildman–Crippen MR) is 104 cm³/mol. The van der Waals surface area contributed by atoms with Crippen molar-refractivity contribution < 1.29 is 22.4 Å². The summed E-state index contributed by atoms with van der Waals surface area (Å²) in [5, 5.41) is 2.80. The van der Waals surface area contributed by atoms with Gasteiger partial charge in [0.05, 0.1) is 11.4 Å². The second-order valence-electron chi connectivity index (χ2n) is 8.02. The Balaban J connectivity index is 2.06. The van der Waals surface area contributed by atoms with Crippen LogP contribution in [0.3, 0.4) is 0 Å². The van der Waals surface area contributed by atoms with E-state index < -0.39 is 17.6 Å². The van der Waals surface area contributed by atoms with E-state index in [9.17, 15) is 22.4 Å². The summed E-state index contributed by atoms with van der Waals surface area (Å²) in [5.41, 5.74) is 1.01. The lowest BCUT2D eigenvalue weighted by atomic mass is 9.83. The maximum Gasteiger partial charge on any atom is 0.248 e. The van der Waals surface area contributed by atoms with Crippen LogP contribution in [0.5, 0.6) is 0 Å². The van der Waals surface area contributed by atoms with E-state index in [1.54, 1.807) is 0 Å². The molecule has 1 aliphatic rings. The number of halogens is 4. The van der Waals surface area contributed by atoms with Gasteiger partial charge in [0.2, 0.25) is 11.8 Å². The molecule has 0 unspecified atom stereocenters. The van der Waals surface area contributed by atoms with Crippen LogP contribution in [0, 0.1) is 17.6 Å². The molecular formula is C22H24F4N2O. The predicted octanol–water partition coefficient (Wildman–Crippen LogP) is 6.30. The van der Waals surface area contributed by atoms with E-state index in [0.29, 0.717) is 11.3 Å². The Kier molecular flexibility index (Phi) is 6.24. The fourth-order valence-electron chi connectivity index (χ4n) is 3.72. The Labute approximate surface area is 167 Å². The third kappa shape index (κ3) is 5.14.